The Morgan fingerprint density at radius 2 is 1.77 bits per heavy atom. The zero-order valence-corrected chi connectivity index (χ0v) is 21.6. The number of ether oxygens (including phenoxy) is 1. The third kappa shape index (κ3) is 3.24. The van der Waals surface area contributed by atoms with Gasteiger partial charge in [0.05, 0.1) is 6.10 Å². The Kier molecular flexibility index (Phi) is 5.85. The number of fused-ring (bicyclic) bond motifs is 5. The molecule has 0 radical (unpaired) electrons. The van der Waals surface area contributed by atoms with Crippen molar-refractivity contribution in [3.63, 3.8) is 0 Å². The number of methoxy groups -OCH3 is 1. The smallest absolute Gasteiger partial charge is 0.129 e. The molecule has 0 aromatic heterocycles. The molecule has 0 spiro atoms. The minimum Gasteiger partial charge on any atom is -0.381 e. The van der Waals surface area contributed by atoms with Gasteiger partial charge in [-0.2, -0.15) is 0 Å². The Morgan fingerprint density at radius 1 is 1.06 bits per heavy atom. The fourth-order valence-electron chi connectivity index (χ4n) is 9.71. The predicted molar refractivity (Wildman–Crippen MR) is 129 cm³/mol. The molecule has 0 amide bonds. The highest BCUT2D eigenvalue weighted by molar-refractivity contribution is 5.75. The maximum absolute atomic E-state index is 11.6. The molecule has 0 bridgehead atoms. The molecule has 8 unspecified atom stereocenters. The number of Topliss-reactive ketones (excluding diaryl/α,β-unsaturated/α-hetero) is 1. The van der Waals surface area contributed by atoms with E-state index in [0.717, 1.165) is 30.6 Å². The van der Waals surface area contributed by atoms with E-state index in [1.807, 2.05) is 12.7 Å². The highest BCUT2D eigenvalue weighted by atomic mass is 16.5. The van der Waals surface area contributed by atoms with Crippen LogP contribution in [0.25, 0.3) is 0 Å². The summed E-state index contributed by atoms with van der Waals surface area (Å²) in [6.07, 6.45) is 14.1. The average Bonchev–Trinajstić information content (AvgIpc) is 2.97. The zero-order valence-electron chi connectivity index (χ0n) is 21.6. The van der Waals surface area contributed by atoms with Gasteiger partial charge in [-0.3, -0.25) is 0 Å². The van der Waals surface area contributed by atoms with Gasteiger partial charge in [0.1, 0.15) is 5.78 Å². The van der Waals surface area contributed by atoms with Gasteiger partial charge in [-0.25, -0.2) is 0 Å². The first-order chi connectivity index (χ1) is 14.4. The molecule has 176 valence electrons. The molecule has 2 nitrogen and oxygen atoms in total. The number of carbonyl (C=O) groups is 1. The summed E-state index contributed by atoms with van der Waals surface area (Å²) in [5.41, 5.74) is 3.18. The third-order valence-corrected chi connectivity index (χ3v) is 11.7. The molecule has 4 aliphatic rings. The average molecular weight is 429 g/mol. The molecule has 4 rings (SSSR count). The molecular formula is C29H48O2. The molecule has 8 atom stereocenters. The zero-order chi connectivity index (χ0) is 22.8. The summed E-state index contributed by atoms with van der Waals surface area (Å²) in [5, 5.41) is 0. The number of hydrogen-bond donors (Lipinski definition) is 0. The lowest BCUT2D eigenvalue weighted by Gasteiger charge is -2.64. The van der Waals surface area contributed by atoms with Crippen LogP contribution < -0.4 is 0 Å². The summed E-state index contributed by atoms with van der Waals surface area (Å²) >= 11 is 0. The first kappa shape index (κ1) is 23.5. The van der Waals surface area contributed by atoms with E-state index in [4.69, 9.17) is 4.74 Å². The fourth-order valence-corrected chi connectivity index (χ4v) is 9.71. The maximum atomic E-state index is 11.6. The van der Waals surface area contributed by atoms with Crippen LogP contribution in [0.2, 0.25) is 0 Å². The molecule has 0 N–H and O–H groups in total. The molecule has 31 heavy (non-hydrogen) atoms. The van der Waals surface area contributed by atoms with Crippen LogP contribution in [0.5, 0.6) is 0 Å². The van der Waals surface area contributed by atoms with Crippen molar-refractivity contribution >= 4 is 5.78 Å². The van der Waals surface area contributed by atoms with Crippen molar-refractivity contribution in [2.45, 2.75) is 112 Å². The SMILES string of the molecule is COC1CCC2(C)C3=CCC4(C)C(C(C)CCC(C)=O)CCC4(C)C3CCC2C1(C)C. The fraction of sp³-hybridized carbons (Fsp3) is 0.897. The molecule has 0 aliphatic heterocycles. The summed E-state index contributed by atoms with van der Waals surface area (Å²) in [6.45, 7) is 17.0. The molecule has 0 aromatic carbocycles. The summed E-state index contributed by atoms with van der Waals surface area (Å²) in [6, 6.07) is 0. The van der Waals surface area contributed by atoms with E-state index in [1.165, 1.54) is 44.9 Å². The largest absolute Gasteiger partial charge is 0.381 e. The van der Waals surface area contributed by atoms with Gasteiger partial charge >= 0.3 is 0 Å². The number of carbonyl (C=O) groups excluding carboxylic acids is 1. The van der Waals surface area contributed by atoms with Crippen molar-refractivity contribution in [3.05, 3.63) is 11.6 Å². The van der Waals surface area contributed by atoms with Crippen LogP contribution in [-0.4, -0.2) is 19.0 Å². The molecule has 0 aromatic rings. The van der Waals surface area contributed by atoms with Crippen LogP contribution in [-0.2, 0) is 9.53 Å². The Labute approximate surface area is 192 Å². The normalized spacial score (nSPS) is 47.0. The van der Waals surface area contributed by atoms with Crippen molar-refractivity contribution in [1.29, 1.82) is 0 Å². The highest BCUT2D eigenvalue weighted by Crippen LogP contribution is 2.73. The predicted octanol–water partition coefficient (Wildman–Crippen LogP) is 7.61. The lowest BCUT2D eigenvalue weighted by molar-refractivity contribution is -0.130. The van der Waals surface area contributed by atoms with Gasteiger partial charge in [0.15, 0.2) is 0 Å². The molecule has 2 heteroatoms. The molecule has 0 heterocycles. The van der Waals surface area contributed by atoms with E-state index in [0.29, 0.717) is 34.1 Å². The Bertz CT molecular complexity index is 750. The highest BCUT2D eigenvalue weighted by Gasteiger charge is 2.65. The standard InChI is InChI=1S/C29H48O2/c1-19(9-10-20(2)30)21-13-17-29(7)23-11-12-24-26(3,4)25(31-8)15-16-27(24,5)22(23)14-18-28(21,29)6/h14,19,21,23-25H,9-13,15-18H2,1-8H3. The Balaban J connectivity index is 1.65. The maximum Gasteiger partial charge on any atom is 0.129 e. The number of rotatable bonds is 5. The van der Waals surface area contributed by atoms with E-state index >= 15 is 0 Å². The molecular weight excluding hydrogens is 380 g/mol. The second kappa shape index (κ2) is 7.71. The molecule has 3 saturated carbocycles. The van der Waals surface area contributed by atoms with Crippen molar-refractivity contribution in [3.8, 4) is 0 Å². The van der Waals surface area contributed by atoms with Gasteiger partial charge in [0.2, 0.25) is 0 Å². The van der Waals surface area contributed by atoms with Crippen molar-refractivity contribution in [2.24, 2.45) is 45.3 Å². The van der Waals surface area contributed by atoms with Crippen LogP contribution in [0.4, 0.5) is 0 Å². The summed E-state index contributed by atoms with van der Waals surface area (Å²) in [7, 11) is 1.92. The quantitative estimate of drug-likeness (QED) is 0.421. The van der Waals surface area contributed by atoms with Crippen LogP contribution >= 0.6 is 0 Å². The van der Waals surface area contributed by atoms with Gasteiger partial charge in [0.25, 0.3) is 0 Å². The first-order valence-electron chi connectivity index (χ1n) is 13.1. The topological polar surface area (TPSA) is 26.3 Å². The van der Waals surface area contributed by atoms with Gasteiger partial charge < -0.3 is 9.53 Å². The minimum absolute atomic E-state index is 0.245. The van der Waals surface area contributed by atoms with Crippen LogP contribution in [0.1, 0.15) is 106 Å². The summed E-state index contributed by atoms with van der Waals surface area (Å²) < 4.78 is 5.98. The van der Waals surface area contributed by atoms with E-state index in [9.17, 15) is 4.79 Å². The number of ketones is 1. The Hall–Kier alpha value is -0.630. The van der Waals surface area contributed by atoms with Crippen molar-refractivity contribution in [2.75, 3.05) is 7.11 Å². The van der Waals surface area contributed by atoms with Crippen LogP contribution in [0.3, 0.4) is 0 Å². The summed E-state index contributed by atoms with van der Waals surface area (Å²) in [4.78, 5) is 11.6. The number of allylic oxidation sites excluding steroid dienone is 2. The van der Waals surface area contributed by atoms with E-state index in [-0.39, 0.29) is 5.41 Å². The lowest BCUT2D eigenvalue weighted by atomic mass is 9.41. The van der Waals surface area contributed by atoms with Crippen LogP contribution in [0.15, 0.2) is 11.6 Å². The second-order valence-corrected chi connectivity index (χ2v) is 13.2. The van der Waals surface area contributed by atoms with Crippen molar-refractivity contribution < 1.29 is 9.53 Å². The van der Waals surface area contributed by atoms with E-state index < -0.39 is 0 Å². The molecule has 4 aliphatic carbocycles. The lowest BCUT2D eigenvalue weighted by Crippen LogP contribution is -2.58. The van der Waals surface area contributed by atoms with Gasteiger partial charge in [-0.05, 0) is 104 Å². The van der Waals surface area contributed by atoms with Gasteiger partial charge in [-0.15, -0.1) is 0 Å². The Morgan fingerprint density at radius 3 is 2.42 bits per heavy atom. The van der Waals surface area contributed by atoms with E-state index in [2.05, 4.69) is 47.6 Å². The van der Waals surface area contributed by atoms with Crippen molar-refractivity contribution in [1.82, 2.24) is 0 Å². The molecule has 0 saturated heterocycles. The van der Waals surface area contributed by atoms with E-state index in [1.54, 1.807) is 6.92 Å². The summed E-state index contributed by atoms with van der Waals surface area (Å²) in [5.74, 6) is 3.21. The van der Waals surface area contributed by atoms with Gasteiger partial charge in [-0.1, -0.05) is 53.2 Å². The third-order valence-electron chi connectivity index (χ3n) is 11.7. The monoisotopic (exact) mass is 428 g/mol. The minimum atomic E-state index is 0.245. The number of hydrogen-bond acceptors (Lipinski definition) is 2. The second-order valence-electron chi connectivity index (χ2n) is 13.2. The van der Waals surface area contributed by atoms with Crippen LogP contribution in [0, 0.1) is 45.3 Å². The first-order valence-corrected chi connectivity index (χ1v) is 13.1. The van der Waals surface area contributed by atoms with Gasteiger partial charge in [0, 0.05) is 13.5 Å². The molecule has 3 fully saturated rings.